The summed E-state index contributed by atoms with van der Waals surface area (Å²) in [4.78, 5) is 13.5. The second-order valence-electron chi connectivity index (χ2n) is 6.45. The second-order valence-corrected chi connectivity index (χ2v) is 6.45. The van der Waals surface area contributed by atoms with Crippen LogP contribution in [0.4, 0.5) is 0 Å². The number of carbonyl (C=O) groups is 1. The molecule has 0 saturated carbocycles. The summed E-state index contributed by atoms with van der Waals surface area (Å²) in [6.45, 7) is 1.89. The molecule has 3 aromatic carbocycles. The Kier molecular flexibility index (Phi) is 5.66. The van der Waals surface area contributed by atoms with Crippen LogP contribution in [0.5, 0.6) is 0 Å². The standard InChI is InChI=1S/C22H19N5O.ClH/c1-14-19(13-25-26-22(23)24)17-10-4-5-12-20(17)27(14)21(28)18-11-6-8-15-7-2-3-9-16(15)18;/h2-13H,1H3,(H4,23,24,26);1H/p-1/b25-13+;. The first kappa shape index (κ1) is 20.1. The highest BCUT2D eigenvalue weighted by Crippen LogP contribution is 2.27. The van der Waals surface area contributed by atoms with E-state index in [1.54, 1.807) is 10.8 Å². The van der Waals surface area contributed by atoms with Crippen molar-refractivity contribution < 1.29 is 17.2 Å². The van der Waals surface area contributed by atoms with Crippen molar-refractivity contribution in [2.45, 2.75) is 6.92 Å². The summed E-state index contributed by atoms with van der Waals surface area (Å²) in [5.41, 5.74) is 13.7. The lowest BCUT2D eigenvalue weighted by atomic mass is 10.0. The van der Waals surface area contributed by atoms with Crippen molar-refractivity contribution in [2.75, 3.05) is 0 Å². The van der Waals surface area contributed by atoms with Gasteiger partial charge in [0.15, 0.2) is 0 Å². The molecule has 1 aromatic heterocycles. The highest BCUT2D eigenvalue weighted by Gasteiger charge is 2.20. The molecule has 0 aliphatic heterocycles. The molecule has 146 valence electrons. The Balaban J connectivity index is 0.00000240. The molecular formula is C22H19ClN5O-. The lowest BCUT2D eigenvalue weighted by molar-refractivity contribution is -0.0000142. The monoisotopic (exact) mass is 404 g/mol. The van der Waals surface area contributed by atoms with E-state index in [1.165, 1.54) is 0 Å². The number of carbonyl (C=O) groups excluding carboxylic acids is 1. The molecule has 0 amide bonds. The number of rotatable bonds is 3. The summed E-state index contributed by atoms with van der Waals surface area (Å²) in [7, 11) is 0. The second kappa shape index (κ2) is 8.16. The smallest absolute Gasteiger partial charge is 0.263 e. The molecule has 0 aliphatic rings. The zero-order valence-corrected chi connectivity index (χ0v) is 16.5. The van der Waals surface area contributed by atoms with E-state index in [9.17, 15) is 4.79 Å². The van der Waals surface area contributed by atoms with Crippen LogP contribution in [0.2, 0.25) is 0 Å². The SMILES string of the molecule is Cc1c(/C=N/N=C(N)N)c2ccccc2n1C(=O)c1cccc2ccccc12.[Cl-]. The number of halogens is 1. The molecule has 0 unspecified atom stereocenters. The Morgan fingerprint density at radius 3 is 2.34 bits per heavy atom. The van der Waals surface area contributed by atoms with Crippen molar-refractivity contribution in [3.8, 4) is 0 Å². The summed E-state index contributed by atoms with van der Waals surface area (Å²) < 4.78 is 1.72. The lowest BCUT2D eigenvalue weighted by Gasteiger charge is -2.10. The van der Waals surface area contributed by atoms with E-state index in [-0.39, 0.29) is 24.3 Å². The van der Waals surface area contributed by atoms with Gasteiger partial charge < -0.3 is 23.9 Å². The first-order valence-electron chi connectivity index (χ1n) is 8.82. The Morgan fingerprint density at radius 2 is 1.59 bits per heavy atom. The maximum absolute atomic E-state index is 13.5. The molecule has 4 aromatic rings. The van der Waals surface area contributed by atoms with Gasteiger partial charge in [-0.1, -0.05) is 54.6 Å². The largest absolute Gasteiger partial charge is 1.00 e. The van der Waals surface area contributed by atoms with Crippen LogP contribution < -0.4 is 23.9 Å². The number of fused-ring (bicyclic) bond motifs is 2. The van der Waals surface area contributed by atoms with Crippen molar-refractivity contribution in [1.29, 1.82) is 0 Å². The fourth-order valence-corrected chi connectivity index (χ4v) is 3.50. The normalized spacial score (nSPS) is 10.9. The van der Waals surface area contributed by atoms with Gasteiger partial charge in [0.2, 0.25) is 5.96 Å². The molecule has 6 nitrogen and oxygen atoms in total. The molecule has 0 bridgehead atoms. The Hall–Kier alpha value is -3.64. The molecule has 0 spiro atoms. The fraction of sp³-hybridized carbons (Fsp3) is 0.0455. The first-order chi connectivity index (χ1) is 13.6. The van der Waals surface area contributed by atoms with Crippen LogP contribution in [0.1, 0.15) is 21.6 Å². The van der Waals surface area contributed by atoms with E-state index in [4.69, 9.17) is 11.5 Å². The van der Waals surface area contributed by atoms with Gasteiger partial charge in [-0.2, -0.15) is 5.10 Å². The minimum atomic E-state index is -0.121. The summed E-state index contributed by atoms with van der Waals surface area (Å²) in [5.74, 6) is -0.212. The van der Waals surface area contributed by atoms with E-state index in [0.717, 1.165) is 32.9 Å². The van der Waals surface area contributed by atoms with E-state index < -0.39 is 0 Å². The number of nitrogens with zero attached hydrogens (tertiary/aromatic N) is 3. The third kappa shape index (κ3) is 3.58. The zero-order valence-electron chi connectivity index (χ0n) is 15.7. The molecule has 0 aliphatic carbocycles. The van der Waals surface area contributed by atoms with Gasteiger partial charge in [-0.15, -0.1) is 5.10 Å². The number of aromatic nitrogens is 1. The maximum atomic E-state index is 13.5. The molecule has 4 N–H and O–H groups in total. The third-order valence-electron chi connectivity index (χ3n) is 4.74. The first-order valence-corrected chi connectivity index (χ1v) is 8.82. The van der Waals surface area contributed by atoms with E-state index in [2.05, 4.69) is 10.2 Å². The van der Waals surface area contributed by atoms with Crippen LogP contribution in [-0.2, 0) is 0 Å². The highest BCUT2D eigenvalue weighted by atomic mass is 35.5. The Labute approximate surface area is 173 Å². The molecule has 7 heteroatoms. The predicted octanol–water partition coefficient (Wildman–Crippen LogP) is 0.403. The van der Waals surface area contributed by atoms with Crippen molar-refractivity contribution in [3.05, 3.63) is 83.6 Å². The molecule has 29 heavy (non-hydrogen) atoms. The van der Waals surface area contributed by atoms with Crippen molar-refractivity contribution in [3.63, 3.8) is 0 Å². The zero-order chi connectivity index (χ0) is 19.7. The van der Waals surface area contributed by atoms with Crippen LogP contribution >= 0.6 is 0 Å². The van der Waals surface area contributed by atoms with Gasteiger partial charge in [0.1, 0.15) is 0 Å². The summed E-state index contributed by atoms with van der Waals surface area (Å²) in [6, 6.07) is 21.3. The van der Waals surface area contributed by atoms with Gasteiger partial charge in [0.05, 0.1) is 11.7 Å². The average molecular weight is 405 g/mol. The average Bonchev–Trinajstić information content (AvgIpc) is 2.98. The van der Waals surface area contributed by atoms with Crippen molar-refractivity contribution >= 4 is 39.8 Å². The molecule has 1 heterocycles. The molecule has 4 rings (SSSR count). The maximum Gasteiger partial charge on any atom is 0.263 e. The number of hydrogen-bond donors (Lipinski definition) is 2. The van der Waals surface area contributed by atoms with Gasteiger partial charge >= 0.3 is 0 Å². The number of guanidine groups is 1. The van der Waals surface area contributed by atoms with Crippen molar-refractivity contribution in [2.24, 2.45) is 21.7 Å². The minimum Gasteiger partial charge on any atom is -1.00 e. The number of nitrogens with two attached hydrogens (primary N) is 2. The van der Waals surface area contributed by atoms with Crippen LogP contribution in [0.25, 0.3) is 21.7 Å². The Bertz CT molecular complexity index is 1260. The Morgan fingerprint density at radius 1 is 0.931 bits per heavy atom. The van der Waals surface area contributed by atoms with E-state index in [0.29, 0.717) is 5.56 Å². The van der Waals surface area contributed by atoms with Gasteiger partial charge in [-0.05, 0) is 29.8 Å². The molecule has 0 radical (unpaired) electrons. The highest BCUT2D eigenvalue weighted by molar-refractivity contribution is 6.13. The summed E-state index contributed by atoms with van der Waals surface area (Å²) in [5, 5.41) is 10.5. The molecule has 0 saturated heterocycles. The van der Waals surface area contributed by atoms with Gasteiger partial charge in [-0.3, -0.25) is 9.36 Å². The predicted molar refractivity (Wildman–Crippen MR) is 114 cm³/mol. The van der Waals surface area contributed by atoms with E-state index >= 15 is 0 Å². The molecule has 0 atom stereocenters. The third-order valence-corrected chi connectivity index (χ3v) is 4.74. The number of hydrogen-bond acceptors (Lipinski definition) is 3. The topological polar surface area (TPSA) is 98.8 Å². The summed E-state index contributed by atoms with van der Waals surface area (Å²) in [6.07, 6.45) is 1.57. The minimum absolute atomic E-state index is 0. The molecule has 0 fully saturated rings. The van der Waals surface area contributed by atoms with Gasteiger partial charge in [-0.25, -0.2) is 0 Å². The molecular weight excluding hydrogens is 386 g/mol. The van der Waals surface area contributed by atoms with Gasteiger partial charge in [0, 0.05) is 22.2 Å². The fourth-order valence-electron chi connectivity index (χ4n) is 3.50. The van der Waals surface area contributed by atoms with Crippen LogP contribution in [0.15, 0.2) is 76.9 Å². The quantitative estimate of drug-likeness (QED) is 0.294. The lowest BCUT2D eigenvalue weighted by Crippen LogP contribution is -3.00. The number of benzene rings is 3. The van der Waals surface area contributed by atoms with E-state index in [1.807, 2.05) is 73.7 Å². The van der Waals surface area contributed by atoms with Gasteiger partial charge in [0.25, 0.3) is 5.91 Å². The summed E-state index contributed by atoms with van der Waals surface area (Å²) >= 11 is 0. The number of para-hydroxylation sites is 1. The van der Waals surface area contributed by atoms with Crippen LogP contribution in [0, 0.1) is 6.92 Å². The van der Waals surface area contributed by atoms with Crippen LogP contribution in [-0.4, -0.2) is 22.6 Å². The van der Waals surface area contributed by atoms with Crippen molar-refractivity contribution in [1.82, 2.24) is 4.57 Å². The van der Waals surface area contributed by atoms with Crippen LogP contribution in [0.3, 0.4) is 0 Å².